The first-order valence-corrected chi connectivity index (χ1v) is 6.42. The predicted molar refractivity (Wildman–Crippen MR) is 76.7 cm³/mol. The van der Waals surface area contributed by atoms with Gasteiger partial charge in [0, 0.05) is 6.54 Å². The maximum atomic E-state index is 6.01. The normalized spacial score (nSPS) is 10.5. The average molecular weight is 247 g/mol. The van der Waals surface area contributed by atoms with Crippen LogP contribution < -0.4 is 11.1 Å². The number of nitrogens with one attached hydrogen (secondary N) is 1. The van der Waals surface area contributed by atoms with Gasteiger partial charge in [-0.2, -0.15) is 0 Å². The van der Waals surface area contributed by atoms with E-state index in [0.29, 0.717) is 0 Å². The Morgan fingerprint density at radius 2 is 2.24 bits per heavy atom. The van der Waals surface area contributed by atoms with Crippen molar-refractivity contribution in [2.24, 2.45) is 0 Å². The van der Waals surface area contributed by atoms with Gasteiger partial charge in [0.2, 0.25) is 0 Å². The van der Waals surface area contributed by atoms with Crippen LogP contribution in [0.5, 0.6) is 0 Å². The number of nitrogens with zero attached hydrogens (tertiary/aromatic N) is 1. The summed E-state index contributed by atoms with van der Waals surface area (Å²) in [5, 5.41) is 4.38. The highest BCUT2D eigenvalue weighted by Gasteiger charge is 2.05. The van der Waals surface area contributed by atoms with Crippen molar-refractivity contribution in [1.82, 2.24) is 4.98 Å². The molecule has 1 heterocycles. The SMILES string of the molecule is CC(C)=CCNc1cc2nc(C)sc2cc1N. The molecule has 3 N–H and O–H groups in total. The van der Waals surface area contributed by atoms with Crippen molar-refractivity contribution < 1.29 is 0 Å². The van der Waals surface area contributed by atoms with Gasteiger partial charge < -0.3 is 11.1 Å². The topological polar surface area (TPSA) is 50.9 Å². The van der Waals surface area contributed by atoms with Crippen LogP contribution in [0.15, 0.2) is 23.8 Å². The minimum absolute atomic E-state index is 0.781. The molecule has 0 saturated heterocycles. The van der Waals surface area contributed by atoms with E-state index in [1.165, 1.54) is 5.57 Å². The molecule has 0 fully saturated rings. The van der Waals surface area contributed by atoms with E-state index in [-0.39, 0.29) is 0 Å². The second-order valence-corrected chi connectivity index (χ2v) is 5.54. The van der Waals surface area contributed by atoms with Crippen LogP contribution in [0.1, 0.15) is 18.9 Å². The van der Waals surface area contributed by atoms with Gasteiger partial charge in [-0.1, -0.05) is 11.6 Å². The van der Waals surface area contributed by atoms with Crippen LogP contribution in [-0.2, 0) is 0 Å². The Labute approximate surface area is 105 Å². The quantitative estimate of drug-likeness (QED) is 0.644. The van der Waals surface area contributed by atoms with Gasteiger partial charge in [0.1, 0.15) is 0 Å². The standard InChI is InChI=1S/C13H17N3S/c1-8(2)4-5-15-11-7-12-13(6-10(11)14)17-9(3)16-12/h4,6-7,15H,5,14H2,1-3H3. The summed E-state index contributed by atoms with van der Waals surface area (Å²) in [6.45, 7) is 6.97. The Hall–Kier alpha value is -1.55. The first kappa shape index (κ1) is 11.9. The summed E-state index contributed by atoms with van der Waals surface area (Å²) in [4.78, 5) is 4.47. The summed E-state index contributed by atoms with van der Waals surface area (Å²) >= 11 is 1.67. The number of aromatic nitrogens is 1. The zero-order chi connectivity index (χ0) is 12.4. The molecule has 0 radical (unpaired) electrons. The molecule has 0 unspecified atom stereocenters. The zero-order valence-corrected chi connectivity index (χ0v) is 11.2. The molecule has 0 saturated carbocycles. The Morgan fingerprint density at radius 3 is 2.94 bits per heavy atom. The first-order valence-electron chi connectivity index (χ1n) is 5.60. The molecule has 3 nitrogen and oxygen atoms in total. The molecule has 0 amide bonds. The number of aryl methyl sites for hydroxylation is 1. The largest absolute Gasteiger partial charge is 0.397 e. The number of thiazole rings is 1. The summed E-state index contributed by atoms with van der Waals surface area (Å²) in [5.41, 5.74) is 10.1. The third kappa shape index (κ3) is 2.77. The Morgan fingerprint density at radius 1 is 1.47 bits per heavy atom. The Bertz CT molecular complexity index is 565. The van der Waals surface area contributed by atoms with Crippen molar-refractivity contribution in [3.8, 4) is 0 Å². The monoisotopic (exact) mass is 247 g/mol. The number of rotatable bonds is 3. The highest BCUT2D eigenvalue weighted by molar-refractivity contribution is 7.18. The van der Waals surface area contributed by atoms with Crippen LogP contribution in [-0.4, -0.2) is 11.5 Å². The minimum Gasteiger partial charge on any atom is -0.397 e. The fourth-order valence-corrected chi connectivity index (χ4v) is 2.48. The van der Waals surface area contributed by atoms with Crippen molar-refractivity contribution in [2.45, 2.75) is 20.8 Å². The van der Waals surface area contributed by atoms with Gasteiger partial charge in [0.15, 0.2) is 0 Å². The summed E-state index contributed by atoms with van der Waals surface area (Å²) < 4.78 is 1.15. The highest BCUT2D eigenvalue weighted by atomic mass is 32.1. The van der Waals surface area contributed by atoms with Gasteiger partial charge in [0.05, 0.1) is 26.6 Å². The molecule has 17 heavy (non-hydrogen) atoms. The molecule has 90 valence electrons. The van der Waals surface area contributed by atoms with E-state index in [1.807, 2.05) is 19.1 Å². The van der Waals surface area contributed by atoms with E-state index >= 15 is 0 Å². The average Bonchev–Trinajstić information content (AvgIpc) is 2.57. The number of nitrogen functional groups attached to an aromatic ring is 1. The number of nitrogens with two attached hydrogens (primary N) is 1. The summed E-state index contributed by atoms with van der Waals surface area (Å²) in [6, 6.07) is 4.01. The molecule has 0 bridgehead atoms. The van der Waals surface area contributed by atoms with Crippen molar-refractivity contribution in [1.29, 1.82) is 0 Å². The van der Waals surface area contributed by atoms with Crippen molar-refractivity contribution in [2.75, 3.05) is 17.6 Å². The van der Waals surface area contributed by atoms with E-state index in [1.54, 1.807) is 11.3 Å². The maximum absolute atomic E-state index is 6.01. The maximum Gasteiger partial charge on any atom is 0.0907 e. The number of fused-ring (bicyclic) bond motifs is 1. The van der Waals surface area contributed by atoms with E-state index in [9.17, 15) is 0 Å². The molecule has 0 aliphatic rings. The Balaban J connectivity index is 2.27. The lowest BCUT2D eigenvalue weighted by molar-refractivity contribution is 1.26. The fourth-order valence-electron chi connectivity index (χ4n) is 1.62. The molecule has 0 aliphatic heterocycles. The van der Waals surface area contributed by atoms with Gasteiger partial charge in [-0.05, 0) is 32.9 Å². The molecule has 2 rings (SSSR count). The molecule has 0 atom stereocenters. The lowest BCUT2D eigenvalue weighted by Gasteiger charge is -2.07. The van der Waals surface area contributed by atoms with Crippen molar-refractivity contribution in [3.63, 3.8) is 0 Å². The first-order chi connectivity index (χ1) is 8.06. The van der Waals surface area contributed by atoms with Gasteiger partial charge in [-0.15, -0.1) is 11.3 Å². The third-order valence-corrected chi connectivity index (χ3v) is 3.40. The van der Waals surface area contributed by atoms with Gasteiger partial charge in [-0.3, -0.25) is 0 Å². The second kappa shape index (κ2) is 4.75. The van der Waals surface area contributed by atoms with Crippen LogP contribution in [0.2, 0.25) is 0 Å². The lowest BCUT2D eigenvalue weighted by atomic mass is 10.2. The summed E-state index contributed by atoms with van der Waals surface area (Å²) in [6.07, 6.45) is 2.13. The van der Waals surface area contributed by atoms with Crippen molar-refractivity contribution in [3.05, 3.63) is 28.8 Å². The third-order valence-electron chi connectivity index (χ3n) is 2.47. The molecule has 2 aromatic rings. The predicted octanol–water partition coefficient (Wildman–Crippen LogP) is 3.57. The molecular formula is C13H17N3S. The minimum atomic E-state index is 0.781. The van der Waals surface area contributed by atoms with E-state index in [4.69, 9.17) is 5.73 Å². The van der Waals surface area contributed by atoms with Crippen LogP contribution in [0.25, 0.3) is 10.2 Å². The van der Waals surface area contributed by atoms with Gasteiger partial charge in [0.25, 0.3) is 0 Å². The van der Waals surface area contributed by atoms with Crippen molar-refractivity contribution >= 4 is 32.9 Å². The number of anilines is 2. The lowest BCUT2D eigenvalue weighted by Crippen LogP contribution is -2.02. The van der Waals surface area contributed by atoms with Crippen LogP contribution in [0.4, 0.5) is 11.4 Å². The van der Waals surface area contributed by atoms with E-state index in [2.05, 4.69) is 30.2 Å². The van der Waals surface area contributed by atoms with Crippen LogP contribution in [0, 0.1) is 6.92 Å². The molecule has 0 spiro atoms. The number of allylic oxidation sites excluding steroid dienone is 1. The van der Waals surface area contributed by atoms with Gasteiger partial charge in [-0.25, -0.2) is 4.98 Å². The second-order valence-electron chi connectivity index (χ2n) is 4.30. The fraction of sp³-hybridized carbons (Fsp3) is 0.308. The smallest absolute Gasteiger partial charge is 0.0907 e. The summed E-state index contributed by atoms with van der Waals surface area (Å²) in [5.74, 6) is 0. The van der Waals surface area contributed by atoms with E-state index in [0.717, 1.165) is 33.1 Å². The Kier molecular flexibility index (Phi) is 3.33. The number of hydrogen-bond acceptors (Lipinski definition) is 4. The molecule has 1 aromatic heterocycles. The number of hydrogen-bond donors (Lipinski definition) is 2. The summed E-state index contributed by atoms with van der Waals surface area (Å²) in [7, 11) is 0. The highest BCUT2D eigenvalue weighted by Crippen LogP contribution is 2.29. The van der Waals surface area contributed by atoms with Crippen LogP contribution in [0.3, 0.4) is 0 Å². The van der Waals surface area contributed by atoms with E-state index < -0.39 is 0 Å². The molecule has 4 heteroatoms. The van der Waals surface area contributed by atoms with Gasteiger partial charge >= 0.3 is 0 Å². The molecule has 0 aliphatic carbocycles. The van der Waals surface area contributed by atoms with Crippen LogP contribution >= 0.6 is 11.3 Å². The molecule has 1 aromatic carbocycles. The zero-order valence-electron chi connectivity index (χ0n) is 10.4. The molecular weight excluding hydrogens is 230 g/mol. The number of benzene rings is 1.